The van der Waals surface area contributed by atoms with Crippen LogP contribution in [0, 0.1) is 5.92 Å². The molecule has 6 rings (SSSR count). The molecule has 0 unspecified atom stereocenters. The van der Waals surface area contributed by atoms with E-state index in [-0.39, 0.29) is 36.9 Å². The van der Waals surface area contributed by atoms with Crippen molar-refractivity contribution in [3.8, 4) is 5.75 Å². The zero-order valence-electron chi connectivity index (χ0n) is 16.8. The van der Waals surface area contributed by atoms with E-state index < -0.39 is 35.6 Å². The highest BCUT2D eigenvalue weighted by Crippen LogP contribution is 2.60. The fraction of sp³-hybridized carbons (Fsp3) is 0.571. The highest BCUT2D eigenvalue weighted by molar-refractivity contribution is 6.31. The molecule has 4 fully saturated rings. The Morgan fingerprint density at radius 1 is 1.09 bits per heavy atom. The van der Waals surface area contributed by atoms with Crippen LogP contribution in [0.1, 0.15) is 48.9 Å². The van der Waals surface area contributed by atoms with Crippen molar-refractivity contribution in [3.05, 3.63) is 28.8 Å². The molecule has 2 amide bonds. The summed E-state index contributed by atoms with van der Waals surface area (Å²) < 4.78 is 46.2. The van der Waals surface area contributed by atoms with Gasteiger partial charge in [0.1, 0.15) is 5.75 Å². The highest BCUT2D eigenvalue weighted by Gasteiger charge is 2.69. The first-order valence-electron chi connectivity index (χ1n) is 10.3. The van der Waals surface area contributed by atoms with E-state index in [0.717, 1.165) is 0 Å². The molecule has 32 heavy (non-hydrogen) atoms. The molecule has 7 nitrogen and oxygen atoms in total. The maximum absolute atomic E-state index is 12.7. The number of amides is 2. The summed E-state index contributed by atoms with van der Waals surface area (Å²) in [5.41, 5.74) is -0.515. The standard InChI is InChI=1S/C21H20ClF3N2O5/c22-11-1-2-15-13(5-11)14(28)6-16(31-15)18(30)27-20-7-19(8-20,9-20)26-17(29)10-3-12(4-10)32-21(23,24)25/h1-2,5,10,12,16H,3-4,6-9H2,(H,26,29)(H,27,30)/t10-,12+,16-,19?,20?/m1/s1. The van der Waals surface area contributed by atoms with Crippen LogP contribution in [0.4, 0.5) is 13.2 Å². The highest BCUT2D eigenvalue weighted by atomic mass is 35.5. The average Bonchev–Trinajstić information content (AvgIpc) is 2.61. The third kappa shape index (κ3) is 3.83. The van der Waals surface area contributed by atoms with Crippen LogP contribution in [0.2, 0.25) is 5.02 Å². The number of hydrogen-bond acceptors (Lipinski definition) is 5. The number of hydrogen-bond donors (Lipinski definition) is 2. The lowest BCUT2D eigenvalue weighted by molar-refractivity contribution is -0.353. The van der Waals surface area contributed by atoms with Gasteiger partial charge in [-0.25, -0.2) is 0 Å². The van der Waals surface area contributed by atoms with Gasteiger partial charge in [-0.3, -0.25) is 19.1 Å². The normalized spacial score (nSPS) is 34.8. The molecule has 2 N–H and O–H groups in total. The van der Waals surface area contributed by atoms with Crippen LogP contribution in [0.25, 0.3) is 0 Å². The van der Waals surface area contributed by atoms with E-state index in [2.05, 4.69) is 15.4 Å². The molecule has 5 aliphatic rings. The molecule has 1 aromatic rings. The van der Waals surface area contributed by atoms with Crippen molar-refractivity contribution in [1.29, 1.82) is 0 Å². The van der Waals surface area contributed by atoms with Gasteiger partial charge >= 0.3 is 6.36 Å². The van der Waals surface area contributed by atoms with E-state index in [0.29, 0.717) is 35.6 Å². The second-order valence-electron chi connectivity index (χ2n) is 9.30. The van der Waals surface area contributed by atoms with Crippen molar-refractivity contribution in [3.63, 3.8) is 0 Å². The van der Waals surface area contributed by atoms with Crippen molar-refractivity contribution in [1.82, 2.24) is 10.6 Å². The van der Waals surface area contributed by atoms with Crippen LogP contribution in [-0.2, 0) is 14.3 Å². The molecule has 0 aromatic heterocycles. The molecule has 11 heteroatoms. The van der Waals surface area contributed by atoms with Crippen molar-refractivity contribution in [2.75, 3.05) is 0 Å². The smallest absolute Gasteiger partial charge is 0.479 e. The molecule has 0 saturated heterocycles. The maximum Gasteiger partial charge on any atom is 0.522 e. The molecule has 2 bridgehead atoms. The predicted molar refractivity (Wildman–Crippen MR) is 104 cm³/mol. The largest absolute Gasteiger partial charge is 0.522 e. The zero-order chi connectivity index (χ0) is 22.9. The second-order valence-corrected chi connectivity index (χ2v) is 9.73. The molecule has 1 heterocycles. The molecule has 4 saturated carbocycles. The minimum absolute atomic E-state index is 0.0447. The van der Waals surface area contributed by atoms with Gasteiger partial charge in [-0.15, -0.1) is 13.2 Å². The first-order chi connectivity index (χ1) is 14.9. The number of Topliss-reactive ketones (excluding diaryl/α,β-unsaturated/α-hetero) is 1. The summed E-state index contributed by atoms with van der Waals surface area (Å²) in [5, 5.41) is 6.27. The Hall–Kier alpha value is -2.33. The van der Waals surface area contributed by atoms with Crippen LogP contribution >= 0.6 is 11.6 Å². The Morgan fingerprint density at radius 3 is 2.34 bits per heavy atom. The number of fused-ring (bicyclic) bond motifs is 1. The number of ketones is 1. The molecule has 1 aliphatic heterocycles. The number of ether oxygens (including phenoxy) is 2. The van der Waals surface area contributed by atoms with E-state index in [1.54, 1.807) is 12.1 Å². The third-order valence-corrected chi connectivity index (χ3v) is 6.98. The molecular weight excluding hydrogens is 453 g/mol. The molecule has 1 aromatic carbocycles. The van der Waals surface area contributed by atoms with Gasteiger partial charge in [-0.05, 0) is 50.3 Å². The summed E-state index contributed by atoms with van der Waals surface area (Å²) in [4.78, 5) is 37.3. The van der Waals surface area contributed by atoms with Gasteiger partial charge in [0.05, 0.1) is 18.1 Å². The minimum atomic E-state index is -4.69. The van der Waals surface area contributed by atoms with Crippen LogP contribution in [-0.4, -0.2) is 47.2 Å². The Balaban J connectivity index is 1.09. The van der Waals surface area contributed by atoms with Gasteiger partial charge < -0.3 is 15.4 Å². The van der Waals surface area contributed by atoms with Gasteiger partial charge in [0.15, 0.2) is 11.9 Å². The number of nitrogens with one attached hydrogen (secondary N) is 2. The van der Waals surface area contributed by atoms with E-state index in [1.807, 2.05) is 0 Å². The van der Waals surface area contributed by atoms with Crippen LogP contribution in [0.15, 0.2) is 18.2 Å². The van der Waals surface area contributed by atoms with Crippen LogP contribution < -0.4 is 15.4 Å². The number of carbonyl (C=O) groups is 3. The van der Waals surface area contributed by atoms with Gasteiger partial charge in [-0.1, -0.05) is 11.6 Å². The Kier molecular flexibility index (Phi) is 4.76. The van der Waals surface area contributed by atoms with Crippen LogP contribution in [0.5, 0.6) is 5.75 Å². The third-order valence-electron chi connectivity index (χ3n) is 6.75. The SMILES string of the molecule is O=C1C[C@H](C(=O)NC23CC(NC(=O)[C@H]4C[C@@H](OC(F)(F)F)C4)(C2)C3)Oc2ccc(Cl)cc21. The number of alkyl halides is 3. The van der Waals surface area contributed by atoms with Crippen molar-refractivity contribution in [2.24, 2.45) is 5.92 Å². The maximum atomic E-state index is 12.7. The van der Waals surface area contributed by atoms with Gasteiger partial charge in [0.25, 0.3) is 5.91 Å². The quantitative estimate of drug-likeness (QED) is 0.687. The van der Waals surface area contributed by atoms with Crippen molar-refractivity contribution < 1.29 is 37.0 Å². The summed E-state index contributed by atoms with van der Waals surface area (Å²) in [6.45, 7) is 0. The van der Waals surface area contributed by atoms with Gasteiger partial charge in [-0.2, -0.15) is 0 Å². The Morgan fingerprint density at radius 2 is 1.72 bits per heavy atom. The Labute approximate surface area is 185 Å². The summed E-state index contributed by atoms with van der Waals surface area (Å²) in [7, 11) is 0. The van der Waals surface area contributed by atoms with Crippen molar-refractivity contribution in [2.45, 2.75) is 68.2 Å². The lowest BCUT2D eigenvalue weighted by Crippen LogP contribution is -2.84. The first kappa shape index (κ1) is 21.5. The molecular formula is C21H20ClF3N2O5. The second kappa shape index (κ2) is 7.08. The fourth-order valence-electron chi connectivity index (χ4n) is 5.27. The summed E-state index contributed by atoms with van der Waals surface area (Å²) in [6.07, 6.45) is -4.96. The summed E-state index contributed by atoms with van der Waals surface area (Å²) in [6, 6.07) is 4.66. The molecule has 172 valence electrons. The minimum Gasteiger partial charge on any atom is -0.479 e. The molecule has 0 radical (unpaired) electrons. The number of rotatable bonds is 5. The molecule has 0 spiro atoms. The summed E-state index contributed by atoms with van der Waals surface area (Å²) in [5.74, 6) is -1.05. The topological polar surface area (TPSA) is 93.7 Å². The number of benzene rings is 1. The van der Waals surface area contributed by atoms with E-state index >= 15 is 0 Å². The lowest BCUT2D eigenvalue weighted by atomic mass is 9.44. The van der Waals surface area contributed by atoms with E-state index in [9.17, 15) is 27.6 Å². The number of halogens is 4. The fourth-order valence-corrected chi connectivity index (χ4v) is 5.44. The van der Waals surface area contributed by atoms with E-state index in [4.69, 9.17) is 16.3 Å². The Bertz CT molecular complexity index is 988. The van der Waals surface area contributed by atoms with Gasteiger partial charge in [0.2, 0.25) is 5.91 Å². The van der Waals surface area contributed by atoms with Crippen molar-refractivity contribution >= 4 is 29.2 Å². The molecule has 4 aliphatic carbocycles. The first-order valence-corrected chi connectivity index (χ1v) is 10.7. The van der Waals surface area contributed by atoms with Gasteiger partial charge in [0, 0.05) is 22.0 Å². The molecule has 1 atom stereocenters. The lowest BCUT2D eigenvalue weighted by Gasteiger charge is -2.70. The number of carbonyl (C=O) groups excluding carboxylic acids is 3. The average molecular weight is 473 g/mol. The van der Waals surface area contributed by atoms with Crippen LogP contribution in [0.3, 0.4) is 0 Å². The monoisotopic (exact) mass is 472 g/mol. The predicted octanol–water partition coefficient (Wildman–Crippen LogP) is 2.90. The zero-order valence-corrected chi connectivity index (χ0v) is 17.5. The van der Waals surface area contributed by atoms with E-state index in [1.165, 1.54) is 6.07 Å². The summed E-state index contributed by atoms with van der Waals surface area (Å²) >= 11 is 5.91.